The van der Waals surface area contributed by atoms with Crippen molar-refractivity contribution in [2.45, 2.75) is 76.8 Å². The number of anilines is 1. The number of aliphatic hydroxyl groups excluding tert-OH is 1. The number of aliphatic hydroxyl groups is 1. The summed E-state index contributed by atoms with van der Waals surface area (Å²) in [5.41, 5.74) is 1.43. The van der Waals surface area contributed by atoms with Gasteiger partial charge in [0.2, 0.25) is 0 Å². The van der Waals surface area contributed by atoms with Gasteiger partial charge in [-0.15, -0.1) is 0 Å². The molecular weight excluding hydrogens is 354 g/mol. The molecule has 4 bridgehead atoms. The Labute approximate surface area is 165 Å². The minimum absolute atomic E-state index is 0.00802. The highest BCUT2D eigenvalue weighted by molar-refractivity contribution is 5.83. The van der Waals surface area contributed by atoms with Gasteiger partial charge in [0.05, 0.1) is 12.6 Å². The van der Waals surface area contributed by atoms with E-state index in [1.54, 1.807) is 4.57 Å². The molecule has 4 aliphatic rings. The van der Waals surface area contributed by atoms with Crippen LogP contribution in [0.3, 0.4) is 0 Å². The zero-order chi connectivity index (χ0) is 19.5. The quantitative estimate of drug-likeness (QED) is 0.681. The van der Waals surface area contributed by atoms with Crippen LogP contribution in [0, 0.1) is 17.8 Å². The molecule has 2 heterocycles. The lowest BCUT2D eigenvalue weighted by Crippen LogP contribution is -2.29. The number of aryl methyl sites for hydroxylation is 1. The summed E-state index contributed by atoms with van der Waals surface area (Å²) < 4.78 is 1.71. The molecule has 2 aromatic heterocycles. The summed E-state index contributed by atoms with van der Waals surface area (Å²) in [5.74, 6) is 4.01. The summed E-state index contributed by atoms with van der Waals surface area (Å²) in [6.45, 7) is 4.70. The molecule has 3 unspecified atom stereocenters. The van der Waals surface area contributed by atoms with Crippen LogP contribution < -0.4 is 11.0 Å². The van der Waals surface area contributed by atoms with Crippen LogP contribution in [0.1, 0.15) is 64.6 Å². The first-order chi connectivity index (χ1) is 13.6. The van der Waals surface area contributed by atoms with Gasteiger partial charge >= 0.3 is 5.69 Å². The number of imidazole rings is 1. The third-order valence-electron chi connectivity index (χ3n) is 7.58. The first-order valence-electron chi connectivity index (χ1n) is 11.0. The molecular formula is C21H31N5O2. The van der Waals surface area contributed by atoms with Crippen molar-refractivity contribution in [2.75, 3.05) is 11.9 Å². The molecule has 152 valence electrons. The molecule has 6 rings (SSSR count). The molecule has 0 aromatic carbocycles. The average molecular weight is 386 g/mol. The highest BCUT2D eigenvalue weighted by atomic mass is 16.3. The van der Waals surface area contributed by atoms with Gasteiger partial charge in [0.15, 0.2) is 11.5 Å². The molecule has 7 nitrogen and oxygen atoms in total. The van der Waals surface area contributed by atoms with E-state index in [0.29, 0.717) is 18.0 Å². The lowest BCUT2D eigenvalue weighted by atomic mass is 9.75. The molecule has 0 aliphatic heterocycles. The van der Waals surface area contributed by atoms with Crippen molar-refractivity contribution in [3.8, 4) is 0 Å². The van der Waals surface area contributed by atoms with Crippen molar-refractivity contribution >= 4 is 17.0 Å². The molecule has 4 saturated carbocycles. The molecule has 4 aliphatic carbocycles. The van der Waals surface area contributed by atoms with Crippen molar-refractivity contribution in [1.29, 1.82) is 0 Å². The summed E-state index contributed by atoms with van der Waals surface area (Å²) >= 11 is 0. The normalized spacial score (nSPS) is 31.8. The Bertz CT molecular complexity index is 930. The Morgan fingerprint density at radius 2 is 2.00 bits per heavy atom. The van der Waals surface area contributed by atoms with Crippen molar-refractivity contribution in [3.05, 3.63) is 16.3 Å². The standard InChI is InChI=1S/C21H31N5O2/c1-3-5-26-18-16(17(24-20(26)28)22-15(4-2)11-27)23-19(25-18)21-9-12-6-13(10-21)8-14(21)7-12/h12-15,27H,3-11H2,1-2H3,(H,23,25)(H,22,24,28)/t12-,13+,14?,15?,21?. The number of aromatic amines is 1. The monoisotopic (exact) mass is 385 g/mol. The van der Waals surface area contributed by atoms with E-state index in [0.717, 1.165) is 41.9 Å². The van der Waals surface area contributed by atoms with Gasteiger partial charge in [-0.2, -0.15) is 4.98 Å². The molecule has 5 atom stereocenters. The van der Waals surface area contributed by atoms with Gasteiger partial charge in [-0.25, -0.2) is 9.78 Å². The highest BCUT2D eigenvalue weighted by Gasteiger charge is 2.59. The van der Waals surface area contributed by atoms with E-state index in [1.807, 2.05) is 6.92 Å². The number of nitrogens with zero attached hydrogens (tertiary/aromatic N) is 3. The van der Waals surface area contributed by atoms with Crippen LogP contribution in [0.2, 0.25) is 0 Å². The predicted molar refractivity (Wildman–Crippen MR) is 108 cm³/mol. The zero-order valence-corrected chi connectivity index (χ0v) is 16.9. The minimum atomic E-state index is -0.266. The first kappa shape index (κ1) is 18.2. The number of rotatable bonds is 7. The fourth-order valence-corrected chi connectivity index (χ4v) is 6.45. The van der Waals surface area contributed by atoms with Gasteiger partial charge in [-0.3, -0.25) is 4.57 Å². The summed E-state index contributed by atoms with van der Waals surface area (Å²) in [5, 5.41) is 12.9. The van der Waals surface area contributed by atoms with E-state index in [2.05, 4.69) is 22.2 Å². The molecule has 7 heteroatoms. The summed E-state index contributed by atoms with van der Waals surface area (Å²) in [6.07, 6.45) is 8.14. The van der Waals surface area contributed by atoms with Crippen LogP contribution in [0.5, 0.6) is 0 Å². The van der Waals surface area contributed by atoms with E-state index in [1.165, 1.54) is 32.1 Å². The number of aromatic nitrogens is 4. The second-order valence-electron chi connectivity index (χ2n) is 9.31. The Morgan fingerprint density at radius 3 is 2.64 bits per heavy atom. The predicted octanol–water partition coefficient (Wildman–Crippen LogP) is 2.79. The smallest absolute Gasteiger partial charge is 0.351 e. The van der Waals surface area contributed by atoms with Gasteiger partial charge in [-0.05, 0) is 62.7 Å². The molecule has 2 aromatic rings. The second-order valence-corrected chi connectivity index (χ2v) is 9.31. The Balaban J connectivity index is 1.65. The van der Waals surface area contributed by atoms with Gasteiger partial charge in [-0.1, -0.05) is 13.8 Å². The SMILES string of the molecule is CCCn1c(=O)nc(NC(CC)CO)c2[nH]c(C34C[C@@H]5CC3C[C@@H](C5)C4)nc21. The van der Waals surface area contributed by atoms with Gasteiger partial charge < -0.3 is 15.4 Å². The molecule has 0 amide bonds. The Morgan fingerprint density at radius 1 is 1.25 bits per heavy atom. The highest BCUT2D eigenvalue weighted by Crippen LogP contribution is 2.65. The molecule has 4 fully saturated rings. The number of hydrogen-bond acceptors (Lipinski definition) is 5. The molecule has 0 radical (unpaired) electrons. The van der Waals surface area contributed by atoms with E-state index in [4.69, 9.17) is 4.98 Å². The Kier molecular flexibility index (Phi) is 4.27. The average Bonchev–Trinajstić information content (AvgIpc) is 3.30. The van der Waals surface area contributed by atoms with Crippen molar-refractivity contribution < 1.29 is 5.11 Å². The minimum Gasteiger partial charge on any atom is -0.394 e. The summed E-state index contributed by atoms with van der Waals surface area (Å²) in [4.78, 5) is 25.7. The van der Waals surface area contributed by atoms with Crippen molar-refractivity contribution in [3.63, 3.8) is 0 Å². The zero-order valence-electron chi connectivity index (χ0n) is 16.9. The largest absolute Gasteiger partial charge is 0.394 e. The molecule has 0 spiro atoms. The maximum absolute atomic E-state index is 12.7. The van der Waals surface area contributed by atoms with E-state index in [-0.39, 0.29) is 23.8 Å². The van der Waals surface area contributed by atoms with Crippen molar-refractivity contribution in [2.24, 2.45) is 17.8 Å². The van der Waals surface area contributed by atoms with E-state index in [9.17, 15) is 9.90 Å². The fraction of sp³-hybridized carbons (Fsp3) is 0.762. The number of H-pyrrole nitrogens is 1. The van der Waals surface area contributed by atoms with Crippen LogP contribution in [-0.4, -0.2) is 37.3 Å². The van der Waals surface area contributed by atoms with Gasteiger partial charge in [0.1, 0.15) is 11.3 Å². The van der Waals surface area contributed by atoms with E-state index >= 15 is 0 Å². The number of fused-ring (bicyclic) bond motifs is 1. The third-order valence-corrected chi connectivity index (χ3v) is 7.58. The first-order valence-corrected chi connectivity index (χ1v) is 11.0. The topological polar surface area (TPSA) is 95.8 Å². The van der Waals surface area contributed by atoms with Crippen LogP contribution >= 0.6 is 0 Å². The molecule has 0 saturated heterocycles. The second kappa shape index (κ2) is 6.58. The maximum Gasteiger partial charge on any atom is 0.351 e. The fourth-order valence-electron chi connectivity index (χ4n) is 6.45. The third kappa shape index (κ3) is 2.55. The van der Waals surface area contributed by atoms with Gasteiger partial charge in [0, 0.05) is 12.0 Å². The van der Waals surface area contributed by atoms with Crippen LogP contribution in [0.25, 0.3) is 11.2 Å². The summed E-state index contributed by atoms with van der Waals surface area (Å²) in [7, 11) is 0. The summed E-state index contributed by atoms with van der Waals surface area (Å²) in [6, 6.07) is -0.125. The molecule has 28 heavy (non-hydrogen) atoms. The lowest BCUT2D eigenvalue weighted by Gasteiger charge is -2.30. The van der Waals surface area contributed by atoms with Crippen molar-refractivity contribution in [1.82, 2.24) is 19.5 Å². The molecule has 3 N–H and O–H groups in total. The maximum atomic E-state index is 12.7. The van der Waals surface area contributed by atoms with E-state index < -0.39 is 0 Å². The Hall–Kier alpha value is -1.89. The van der Waals surface area contributed by atoms with Crippen LogP contribution in [-0.2, 0) is 12.0 Å². The van der Waals surface area contributed by atoms with Crippen LogP contribution in [0.15, 0.2) is 4.79 Å². The lowest BCUT2D eigenvalue weighted by molar-refractivity contribution is 0.262. The number of hydrogen-bond donors (Lipinski definition) is 3. The number of nitrogens with one attached hydrogen (secondary N) is 2. The van der Waals surface area contributed by atoms with Crippen LogP contribution in [0.4, 0.5) is 5.82 Å². The van der Waals surface area contributed by atoms with Gasteiger partial charge in [0.25, 0.3) is 0 Å².